The number of halogens is 1. The van der Waals surface area contributed by atoms with Crippen LogP contribution >= 0.6 is 11.6 Å². The van der Waals surface area contributed by atoms with Gasteiger partial charge in [-0.05, 0) is 19.1 Å². The molecule has 86 valence electrons. The summed E-state index contributed by atoms with van der Waals surface area (Å²) in [5, 5.41) is 2.97. The Morgan fingerprint density at radius 2 is 2.12 bits per heavy atom. The molecule has 2 rings (SSSR count). The van der Waals surface area contributed by atoms with Crippen LogP contribution in [0.1, 0.15) is 16.2 Å². The van der Waals surface area contributed by atoms with Crippen LogP contribution < -0.4 is 5.32 Å². The van der Waals surface area contributed by atoms with E-state index >= 15 is 0 Å². The van der Waals surface area contributed by atoms with Crippen LogP contribution in [-0.2, 0) is 0 Å². The summed E-state index contributed by atoms with van der Waals surface area (Å²) in [7, 11) is 0. The van der Waals surface area contributed by atoms with Crippen LogP contribution in [0.5, 0.6) is 0 Å². The van der Waals surface area contributed by atoms with E-state index in [-0.39, 0.29) is 11.6 Å². The summed E-state index contributed by atoms with van der Waals surface area (Å²) in [5.74, 6) is -0.334. The van der Waals surface area contributed by atoms with Gasteiger partial charge in [0.1, 0.15) is 10.8 Å². The lowest BCUT2D eigenvalue weighted by atomic mass is 10.3. The van der Waals surface area contributed by atoms with Crippen LogP contribution in [0.15, 0.2) is 30.7 Å². The maximum Gasteiger partial charge on any atom is 0.275 e. The predicted octanol–water partition coefficient (Wildman–Crippen LogP) is 2.09. The number of rotatable bonds is 2. The minimum Gasteiger partial charge on any atom is -0.320 e. The van der Waals surface area contributed by atoms with Gasteiger partial charge in [-0.1, -0.05) is 11.6 Å². The quantitative estimate of drug-likeness (QED) is 0.827. The summed E-state index contributed by atoms with van der Waals surface area (Å²) in [5.41, 5.74) is 1.58. The molecule has 0 aliphatic heterocycles. The molecule has 2 aromatic heterocycles. The fourth-order valence-corrected chi connectivity index (χ4v) is 1.36. The average Bonchev–Trinajstić information content (AvgIpc) is 2.29. The maximum atomic E-state index is 11.8. The van der Waals surface area contributed by atoms with Gasteiger partial charge in [-0.3, -0.25) is 9.78 Å². The first-order valence-electron chi connectivity index (χ1n) is 4.87. The smallest absolute Gasteiger partial charge is 0.275 e. The normalized spacial score (nSPS) is 10.0. The second-order valence-electron chi connectivity index (χ2n) is 3.36. The summed E-state index contributed by atoms with van der Waals surface area (Å²) in [6, 6.07) is 3.20. The van der Waals surface area contributed by atoms with Crippen LogP contribution in [-0.4, -0.2) is 20.9 Å². The minimum absolute atomic E-state index is 0.253. The van der Waals surface area contributed by atoms with Gasteiger partial charge in [0, 0.05) is 18.1 Å². The lowest BCUT2D eigenvalue weighted by Crippen LogP contribution is -2.14. The monoisotopic (exact) mass is 248 g/mol. The standard InChI is InChI=1S/C11H9ClN4O/c1-7-5-15-9(6-14-7)11(17)16-8-2-3-13-10(12)4-8/h2-6H,1H3,(H,13,16,17). The van der Waals surface area contributed by atoms with Crippen molar-refractivity contribution in [1.82, 2.24) is 15.0 Å². The highest BCUT2D eigenvalue weighted by atomic mass is 35.5. The topological polar surface area (TPSA) is 67.8 Å². The Bertz CT molecular complexity index is 541. The van der Waals surface area contributed by atoms with Gasteiger partial charge < -0.3 is 5.32 Å². The number of amides is 1. The first-order valence-corrected chi connectivity index (χ1v) is 5.24. The van der Waals surface area contributed by atoms with Gasteiger partial charge in [0.25, 0.3) is 5.91 Å². The lowest BCUT2D eigenvalue weighted by Gasteiger charge is -2.04. The van der Waals surface area contributed by atoms with E-state index in [9.17, 15) is 4.79 Å². The number of aromatic nitrogens is 3. The third kappa shape index (κ3) is 2.98. The molecule has 0 saturated heterocycles. The molecule has 6 heteroatoms. The van der Waals surface area contributed by atoms with Crippen molar-refractivity contribution in [2.75, 3.05) is 5.32 Å². The fraction of sp³-hybridized carbons (Fsp3) is 0.0909. The molecule has 5 nitrogen and oxygen atoms in total. The van der Waals surface area contributed by atoms with Gasteiger partial charge in [-0.15, -0.1) is 0 Å². The van der Waals surface area contributed by atoms with E-state index in [1.807, 2.05) is 0 Å². The van der Waals surface area contributed by atoms with Crippen molar-refractivity contribution >= 4 is 23.2 Å². The van der Waals surface area contributed by atoms with E-state index in [0.717, 1.165) is 5.69 Å². The molecule has 17 heavy (non-hydrogen) atoms. The minimum atomic E-state index is -0.334. The zero-order chi connectivity index (χ0) is 12.3. The van der Waals surface area contributed by atoms with E-state index in [0.29, 0.717) is 10.8 Å². The van der Waals surface area contributed by atoms with Crippen LogP contribution in [0.3, 0.4) is 0 Å². The molecule has 0 aliphatic carbocycles. The SMILES string of the molecule is Cc1cnc(C(=O)Nc2ccnc(Cl)c2)cn1. The van der Waals surface area contributed by atoms with Gasteiger partial charge in [-0.25, -0.2) is 9.97 Å². The summed E-state index contributed by atoms with van der Waals surface area (Å²) in [6.07, 6.45) is 4.47. The summed E-state index contributed by atoms with van der Waals surface area (Å²) in [6.45, 7) is 1.80. The molecular weight excluding hydrogens is 240 g/mol. The molecule has 1 N–H and O–H groups in total. The summed E-state index contributed by atoms with van der Waals surface area (Å²) < 4.78 is 0. The predicted molar refractivity (Wildman–Crippen MR) is 64.0 cm³/mol. The Morgan fingerprint density at radius 3 is 2.76 bits per heavy atom. The second-order valence-corrected chi connectivity index (χ2v) is 3.75. The molecule has 2 heterocycles. The van der Waals surface area contributed by atoms with Crippen LogP contribution in [0.2, 0.25) is 5.15 Å². The zero-order valence-corrected chi connectivity index (χ0v) is 9.77. The van der Waals surface area contributed by atoms with Gasteiger partial charge in [0.15, 0.2) is 0 Å². The zero-order valence-electron chi connectivity index (χ0n) is 9.01. The second kappa shape index (κ2) is 4.88. The number of carbonyl (C=O) groups excluding carboxylic acids is 1. The molecule has 0 fully saturated rings. The number of nitrogens with one attached hydrogen (secondary N) is 1. The molecule has 1 amide bonds. The summed E-state index contributed by atoms with van der Waals surface area (Å²) in [4.78, 5) is 23.5. The van der Waals surface area contributed by atoms with Gasteiger partial charge in [0.2, 0.25) is 0 Å². The Hall–Kier alpha value is -2.01. The molecule has 0 unspecified atom stereocenters. The van der Waals surface area contributed by atoms with Crippen molar-refractivity contribution < 1.29 is 4.79 Å². The van der Waals surface area contributed by atoms with Crippen LogP contribution in [0, 0.1) is 6.92 Å². The van der Waals surface area contributed by atoms with E-state index in [2.05, 4.69) is 20.3 Å². The van der Waals surface area contributed by atoms with E-state index in [1.165, 1.54) is 18.6 Å². The third-order valence-corrected chi connectivity index (χ3v) is 2.20. The van der Waals surface area contributed by atoms with E-state index < -0.39 is 0 Å². The molecule has 0 atom stereocenters. The highest BCUT2D eigenvalue weighted by Gasteiger charge is 2.07. The highest BCUT2D eigenvalue weighted by molar-refractivity contribution is 6.29. The average molecular weight is 249 g/mol. The molecule has 2 aromatic rings. The first kappa shape index (κ1) is 11.5. The molecule has 0 spiro atoms. The fourth-order valence-electron chi connectivity index (χ4n) is 1.19. The largest absolute Gasteiger partial charge is 0.320 e. The third-order valence-electron chi connectivity index (χ3n) is 2.00. The van der Waals surface area contributed by atoms with Crippen molar-refractivity contribution in [1.29, 1.82) is 0 Å². The molecule has 0 aliphatic rings. The number of anilines is 1. The van der Waals surface area contributed by atoms with Gasteiger partial charge in [0.05, 0.1) is 11.9 Å². The summed E-state index contributed by atoms with van der Waals surface area (Å²) >= 11 is 5.70. The molecule has 0 saturated carbocycles. The van der Waals surface area contributed by atoms with Crippen molar-refractivity contribution in [2.24, 2.45) is 0 Å². The highest BCUT2D eigenvalue weighted by Crippen LogP contribution is 2.12. The Kier molecular flexibility index (Phi) is 3.30. The number of pyridine rings is 1. The van der Waals surface area contributed by atoms with Crippen LogP contribution in [0.4, 0.5) is 5.69 Å². The van der Waals surface area contributed by atoms with Crippen molar-refractivity contribution in [3.8, 4) is 0 Å². The Morgan fingerprint density at radius 1 is 1.29 bits per heavy atom. The van der Waals surface area contributed by atoms with Crippen molar-refractivity contribution in [2.45, 2.75) is 6.92 Å². The Balaban J connectivity index is 2.14. The molecule has 0 aromatic carbocycles. The van der Waals surface area contributed by atoms with E-state index in [1.54, 1.807) is 19.1 Å². The molecule has 0 bridgehead atoms. The maximum absolute atomic E-state index is 11.8. The Labute approximate surface area is 103 Å². The first-order chi connectivity index (χ1) is 8.15. The molecular formula is C11H9ClN4O. The number of carbonyl (C=O) groups is 1. The van der Waals surface area contributed by atoms with Gasteiger partial charge in [-0.2, -0.15) is 0 Å². The van der Waals surface area contributed by atoms with Crippen molar-refractivity contribution in [3.05, 3.63) is 47.3 Å². The number of aryl methyl sites for hydroxylation is 1. The molecule has 0 radical (unpaired) electrons. The van der Waals surface area contributed by atoms with Crippen molar-refractivity contribution in [3.63, 3.8) is 0 Å². The number of nitrogens with zero attached hydrogens (tertiary/aromatic N) is 3. The number of hydrogen-bond donors (Lipinski definition) is 1. The van der Waals surface area contributed by atoms with E-state index in [4.69, 9.17) is 11.6 Å². The van der Waals surface area contributed by atoms with Crippen LogP contribution in [0.25, 0.3) is 0 Å². The van der Waals surface area contributed by atoms with Gasteiger partial charge >= 0.3 is 0 Å². The number of hydrogen-bond acceptors (Lipinski definition) is 4. The lowest BCUT2D eigenvalue weighted by molar-refractivity contribution is 0.102.